The minimum Gasteiger partial charge on any atom is -0.493 e. The Morgan fingerprint density at radius 3 is 2.48 bits per heavy atom. The number of nitrogens with zero attached hydrogens (tertiary/aromatic N) is 1. The van der Waals surface area contributed by atoms with E-state index in [1.807, 2.05) is 6.07 Å². The fourth-order valence-corrected chi connectivity index (χ4v) is 2.82. The van der Waals surface area contributed by atoms with Crippen molar-refractivity contribution in [3.05, 3.63) is 51.5 Å². The second-order valence-corrected chi connectivity index (χ2v) is 6.90. The van der Waals surface area contributed by atoms with Crippen molar-refractivity contribution in [2.24, 2.45) is 5.73 Å². The van der Waals surface area contributed by atoms with Gasteiger partial charge in [-0.2, -0.15) is 5.26 Å². The molecule has 0 fully saturated rings. The van der Waals surface area contributed by atoms with Gasteiger partial charge in [0, 0.05) is 5.69 Å². The highest BCUT2D eigenvalue weighted by Gasteiger charge is 2.22. The highest BCUT2D eigenvalue weighted by molar-refractivity contribution is 6.33. The first-order valence-electron chi connectivity index (χ1n) is 8.66. The van der Waals surface area contributed by atoms with E-state index in [9.17, 15) is 14.4 Å². The number of carbonyl (C=O) groups is 3. The molecule has 0 aliphatic heterocycles. The van der Waals surface area contributed by atoms with Gasteiger partial charge in [0.25, 0.3) is 11.8 Å². The molecule has 1 unspecified atom stereocenters. The fraction of sp³-hybridized carbons (Fsp3) is 0.200. The number of hydrogen-bond acceptors (Lipinski definition) is 7. The number of ether oxygens (including phenoxy) is 3. The van der Waals surface area contributed by atoms with Crippen molar-refractivity contribution in [3.8, 4) is 17.6 Å². The molecule has 0 saturated carbocycles. The summed E-state index contributed by atoms with van der Waals surface area (Å²) in [6.45, 7) is 0.943. The van der Waals surface area contributed by atoms with E-state index in [0.29, 0.717) is 5.69 Å². The van der Waals surface area contributed by atoms with Gasteiger partial charge in [0.05, 0.1) is 28.3 Å². The average Bonchev–Trinajstić information content (AvgIpc) is 2.72. The van der Waals surface area contributed by atoms with E-state index in [0.717, 1.165) is 0 Å². The van der Waals surface area contributed by atoms with E-state index >= 15 is 0 Å². The van der Waals surface area contributed by atoms with Gasteiger partial charge in [0.1, 0.15) is 6.07 Å². The minimum atomic E-state index is -1.17. The zero-order valence-electron chi connectivity index (χ0n) is 16.4. The van der Waals surface area contributed by atoms with Crippen LogP contribution in [0.25, 0.3) is 0 Å². The summed E-state index contributed by atoms with van der Waals surface area (Å²) in [4.78, 5) is 35.7. The molecular formula is C20H17Cl2N3O6. The molecule has 0 saturated heterocycles. The molecule has 3 N–H and O–H groups in total. The van der Waals surface area contributed by atoms with Gasteiger partial charge in [-0.3, -0.25) is 9.59 Å². The van der Waals surface area contributed by atoms with Gasteiger partial charge in [0.2, 0.25) is 0 Å². The normalized spacial score (nSPS) is 11.1. The monoisotopic (exact) mass is 465 g/mol. The Balaban J connectivity index is 2.10. The van der Waals surface area contributed by atoms with Gasteiger partial charge >= 0.3 is 5.97 Å². The van der Waals surface area contributed by atoms with Crippen molar-refractivity contribution >= 4 is 46.7 Å². The van der Waals surface area contributed by atoms with Crippen molar-refractivity contribution in [1.82, 2.24) is 0 Å². The maximum absolute atomic E-state index is 12.5. The number of anilines is 1. The van der Waals surface area contributed by atoms with E-state index < -0.39 is 30.5 Å². The molecule has 2 aromatic carbocycles. The average molecular weight is 466 g/mol. The van der Waals surface area contributed by atoms with E-state index in [2.05, 4.69) is 5.32 Å². The van der Waals surface area contributed by atoms with E-state index in [-0.39, 0.29) is 32.7 Å². The van der Waals surface area contributed by atoms with Crippen molar-refractivity contribution in [2.75, 3.05) is 19.0 Å². The van der Waals surface area contributed by atoms with Crippen LogP contribution in [-0.2, 0) is 14.3 Å². The molecule has 0 spiro atoms. The SMILES string of the molecule is COc1cc(C(=O)OC(C)C(=O)Nc2ccc(C#N)c(Cl)c2)cc(Cl)c1OCC(N)=O. The highest BCUT2D eigenvalue weighted by atomic mass is 35.5. The quantitative estimate of drug-likeness (QED) is 0.570. The summed E-state index contributed by atoms with van der Waals surface area (Å²) in [5.74, 6) is -2.08. The van der Waals surface area contributed by atoms with Crippen molar-refractivity contribution in [1.29, 1.82) is 5.26 Å². The van der Waals surface area contributed by atoms with Crippen LogP contribution in [0.4, 0.5) is 5.69 Å². The summed E-state index contributed by atoms with van der Waals surface area (Å²) in [6.07, 6.45) is -1.17. The number of methoxy groups -OCH3 is 1. The van der Waals surface area contributed by atoms with Crippen LogP contribution in [0.1, 0.15) is 22.8 Å². The predicted molar refractivity (Wildman–Crippen MR) is 112 cm³/mol. The maximum Gasteiger partial charge on any atom is 0.339 e. The number of nitrogens with one attached hydrogen (secondary N) is 1. The number of hydrogen-bond donors (Lipinski definition) is 2. The smallest absolute Gasteiger partial charge is 0.339 e. The lowest BCUT2D eigenvalue weighted by Crippen LogP contribution is -2.30. The molecule has 162 valence electrons. The lowest BCUT2D eigenvalue weighted by atomic mass is 10.2. The maximum atomic E-state index is 12.5. The molecule has 0 aromatic heterocycles. The molecule has 2 amide bonds. The van der Waals surface area contributed by atoms with Gasteiger partial charge < -0.3 is 25.3 Å². The van der Waals surface area contributed by atoms with E-state index in [1.54, 1.807) is 0 Å². The Morgan fingerprint density at radius 1 is 1.19 bits per heavy atom. The number of carbonyl (C=O) groups excluding carboxylic acids is 3. The summed E-state index contributed by atoms with van der Waals surface area (Å²) in [5, 5.41) is 11.6. The van der Waals surface area contributed by atoms with Crippen molar-refractivity contribution in [2.45, 2.75) is 13.0 Å². The Bertz CT molecular complexity index is 1070. The number of esters is 1. The van der Waals surface area contributed by atoms with E-state index in [1.165, 1.54) is 44.4 Å². The highest BCUT2D eigenvalue weighted by Crippen LogP contribution is 2.36. The van der Waals surface area contributed by atoms with Gasteiger partial charge in [-0.05, 0) is 37.3 Å². The molecule has 0 radical (unpaired) electrons. The Hall–Kier alpha value is -3.48. The number of nitrogens with two attached hydrogens (primary N) is 1. The first kappa shape index (κ1) is 23.8. The zero-order valence-corrected chi connectivity index (χ0v) is 17.9. The van der Waals surface area contributed by atoms with Crippen LogP contribution in [0, 0.1) is 11.3 Å². The van der Waals surface area contributed by atoms with Crippen LogP contribution in [0.5, 0.6) is 11.5 Å². The van der Waals surface area contributed by atoms with Crippen LogP contribution < -0.4 is 20.5 Å². The molecule has 0 aliphatic carbocycles. The summed E-state index contributed by atoms with van der Waals surface area (Å²) in [6, 6.07) is 8.78. The predicted octanol–water partition coefficient (Wildman–Crippen LogP) is 2.92. The third kappa shape index (κ3) is 6.25. The van der Waals surface area contributed by atoms with Gasteiger partial charge in [-0.1, -0.05) is 23.2 Å². The molecule has 0 heterocycles. The Kier molecular flexibility index (Phi) is 8.07. The Morgan fingerprint density at radius 2 is 1.90 bits per heavy atom. The third-order valence-electron chi connectivity index (χ3n) is 3.83. The molecule has 11 heteroatoms. The topological polar surface area (TPSA) is 141 Å². The van der Waals surface area contributed by atoms with Crippen LogP contribution in [-0.4, -0.2) is 37.6 Å². The summed E-state index contributed by atoms with van der Waals surface area (Å²) < 4.78 is 15.5. The number of primary amides is 1. The number of halogens is 2. The molecule has 9 nitrogen and oxygen atoms in total. The molecule has 2 aromatic rings. The van der Waals surface area contributed by atoms with Gasteiger partial charge in [-0.15, -0.1) is 0 Å². The summed E-state index contributed by atoms with van der Waals surface area (Å²) in [5.41, 5.74) is 5.62. The fourth-order valence-electron chi connectivity index (χ4n) is 2.33. The second-order valence-electron chi connectivity index (χ2n) is 6.09. The van der Waals surface area contributed by atoms with Crippen LogP contribution >= 0.6 is 23.2 Å². The van der Waals surface area contributed by atoms with Gasteiger partial charge in [0.15, 0.2) is 24.2 Å². The Labute approximate surface area is 187 Å². The number of benzene rings is 2. The van der Waals surface area contributed by atoms with Crippen LogP contribution in [0.15, 0.2) is 30.3 Å². The standard InChI is InChI=1S/C20H17Cl2N3O6/c1-10(19(27)25-13-4-3-11(8-23)14(21)7-13)31-20(28)12-5-15(22)18(16(6-12)29-2)30-9-17(24)26/h3-7,10H,9H2,1-2H3,(H2,24,26)(H,25,27). The van der Waals surface area contributed by atoms with Crippen LogP contribution in [0.2, 0.25) is 10.0 Å². The molecule has 31 heavy (non-hydrogen) atoms. The summed E-state index contributed by atoms with van der Waals surface area (Å²) >= 11 is 12.0. The van der Waals surface area contributed by atoms with Crippen molar-refractivity contribution in [3.63, 3.8) is 0 Å². The number of rotatable bonds is 8. The molecular weight excluding hydrogens is 449 g/mol. The number of nitriles is 1. The molecule has 0 bridgehead atoms. The first-order chi connectivity index (χ1) is 14.7. The number of amides is 2. The summed E-state index contributed by atoms with van der Waals surface area (Å²) in [7, 11) is 1.32. The zero-order chi connectivity index (χ0) is 23.1. The van der Waals surface area contributed by atoms with Gasteiger partial charge in [-0.25, -0.2) is 4.79 Å². The molecule has 2 rings (SSSR count). The van der Waals surface area contributed by atoms with E-state index in [4.69, 9.17) is 48.4 Å². The largest absolute Gasteiger partial charge is 0.493 e. The first-order valence-corrected chi connectivity index (χ1v) is 9.42. The lowest BCUT2D eigenvalue weighted by Gasteiger charge is -2.16. The van der Waals surface area contributed by atoms with Crippen LogP contribution in [0.3, 0.4) is 0 Å². The molecule has 1 atom stereocenters. The molecule has 0 aliphatic rings. The van der Waals surface area contributed by atoms with Crippen molar-refractivity contribution < 1.29 is 28.6 Å². The lowest BCUT2D eigenvalue weighted by molar-refractivity contribution is -0.123. The minimum absolute atomic E-state index is 0.00524. The third-order valence-corrected chi connectivity index (χ3v) is 4.43. The second kappa shape index (κ2) is 10.5.